The Hall–Kier alpha value is -0.770. The molecule has 82 valence electrons. The number of nitrogens with one attached hydrogen (secondary N) is 1. The Morgan fingerprint density at radius 3 is 2.57 bits per heavy atom. The van der Waals surface area contributed by atoms with E-state index in [-0.39, 0.29) is 11.5 Å². The van der Waals surface area contributed by atoms with Gasteiger partial charge in [-0.3, -0.25) is 0 Å². The van der Waals surface area contributed by atoms with Gasteiger partial charge in [-0.15, -0.1) is 0 Å². The molecule has 4 heteroatoms. The number of methoxy groups -OCH3 is 1. The van der Waals surface area contributed by atoms with Crippen molar-refractivity contribution in [3.8, 4) is 0 Å². The number of carbonyl (C=O) groups excluding carboxylic acids is 1. The van der Waals surface area contributed by atoms with Crippen molar-refractivity contribution >= 4 is 6.09 Å². The smallest absolute Gasteiger partial charge is 0.406 e. The highest BCUT2D eigenvalue weighted by Gasteiger charge is 2.29. The Bertz CT molecular complexity index is 198. The molecule has 0 radical (unpaired) electrons. The summed E-state index contributed by atoms with van der Waals surface area (Å²) in [6, 6.07) is 0. The lowest BCUT2D eigenvalue weighted by molar-refractivity contribution is 0.126. The van der Waals surface area contributed by atoms with Crippen LogP contribution in [0.25, 0.3) is 0 Å². The number of alkyl carbamates (subject to hydrolysis) is 1. The van der Waals surface area contributed by atoms with Crippen molar-refractivity contribution in [2.75, 3.05) is 33.8 Å². The van der Waals surface area contributed by atoms with Gasteiger partial charge in [0, 0.05) is 6.54 Å². The number of likely N-dealkylation sites (tertiary alicyclic amines) is 1. The van der Waals surface area contributed by atoms with Gasteiger partial charge in [-0.2, -0.15) is 0 Å². The Balaban J connectivity index is 2.31. The van der Waals surface area contributed by atoms with Crippen LogP contribution < -0.4 is 5.32 Å². The second kappa shape index (κ2) is 4.64. The number of hydrogen-bond acceptors (Lipinski definition) is 3. The predicted octanol–water partition coefficient (Wildman–Crippen LogP) is 1.07. The summed E-state index contributed by atoms with van der Waals surface area (Å²) in [6.07, 6.45) is 1.94. The van der Waals surface area contributed by atoms with Crippen molar-refractivity contribution in [2.24, 2.45) is 5.41 Å². The lowest BCUT2D eigenvalue weighted by Gasteiger charge is -2.37. The lowest BCUT2D eigenvalue weighted by Crippen LogP contribution is -2.43. The molecule has 0 bridgehead atoms. The fourth-order valence-corrected chi connectivity index (χ4v) is 1.69. The van der Waals surface area contributed by atoms with Crippen LogP contribution in [0.3, 0.4) is 0 Å². The van der Waals surface area contributed by atoms with Crippen molar-refractivity contribution in [1.29, 1.82) is 0 Å². The summed E-state index contributed by atoms with van der Waals surface area (Å²) in [4.78, 5) is 13.2. The van der Waals surface area contributed by atoms with Gasteiger partial charge in [0.15, 0.2) is 0 Å². The maximum atomic E-state index is 10.9. The van der Waals surface area contributed by atoms with Crippen LogP contribution in [-0.4, -0.2) is 44.8 Å². The normalized spacial score (nSPS) is 21.6. The molecular weight excluding hydrogens is 180 g/mol. The molecule has 1 aliphatic heterocycles. The molecule has 0 aliphatic carbocycles. The van der Waals surface area contributed by atoms with Crippen molar-refractivity contribution in [2.45, 2.75) is 19.8 Å². The number of ether oxygens (including phenoxy) is 1. The van der Waals surface area contributed by atoms with Crippen molar-refractivity contribution in [3.63, 3.8) is 0 Å². The maximum absolute atomic E-state index is 10.9. The summed E-state index contributed by atoms with van der Waals surface area (Å²) in [5.41, 5.74) is 0.237. The zero-order chi connectivity index (χ0) is 10.6. The second-order valence-corrected chi connectivity index (χ2v) is 4.46. The van der Waals surface area contributed by atoms with E-state index in [0.29, 0.717) is 6.54 Å². The first kappa shape index (κ1) is 11.3. The molecule has 0 atom stereocenters. The molecule has 0 aromatic carbocycles. The van der Waals surface area contributed by atoms with E-state index in [1.165, 1.54) is 7.11 Å². The zero-order valence-electron chi connectivity index (χ0n) is 9.30. The minimum absolute atomic E-state index is 0.237. The van der Waals surface area contributed by atoms with Gasteiger partial charge in [0.05, 0.1) is 7.11 Å². The SMILES string of the molecule is COC(=O)NCC1(C)CCN(C)CC1. The molecule has 1 amide bonds. The molecule has 4 nitrogen and oxygen atoms in total. The molecule has 0 aromatic rings. The fraction of sp³-hybridized carbons (Fsp3) is 0.900. The van der Waals surface area contributed by atoms with Crippen LogP contribution in [0.4, 0.5) is 4.79 Å². The molecule has 14 heavy (non-hydrogen) atoms. The lowest BCUT2D eigenvalue weighted by atomic mass is 9.80. The number of amides is 1. The van der Waals surface area contributed by atoms with Gasteiger partial charge in [-0.25, -0.2) is 4.79 Å². The van der Waals surface area contributed by atoms with Crippen LogP contribution in [0.2, 0.25) is 0 Å². The topological polar surface area (TPSA) is 41.6 Å². The van der Waals surface area contributed by atoms with Crippen LogP contribution in [0.15, 0.2) is 0 Å². The Labute approximate surface area is 85.6 Å². The van der Waals surface area contributed by atoms with E-state index in [1.807, 2.05) is 0 Å². The summed E-state index contributed by atoms with van der Waals surface area (Å²) in [5.74, 6) is 0. The third kappa shape index (κ3) is 3.18. The largest absolute Gasteiger partial charge is 0.453 e. The van der Waals surface area contributed by atoms with E-state index in [0.717, 1.165) is 25.9 Å². The van der Waals surface area contributed by atoms with E-state index in [9.17, 15) is 4.79 Å². The minimum Gasteiger partial charge on any atom is -0.453 e. The molecule has 1 heterocycles. The molecule has 0 unspecified atom stereocenters. The second-order valence-electron chi connectivity index (χ2n) is 4.46. The van der Waals surface area contributed by atoms with Crippen molar-refractivity contribution < 1.29 is 9.53 Å². The van der Waals surface area contributed by atoms with Crippen LogP contribution in [0.5, 0.6) is 0 Å². The van der Waals surface area contributed by atoms with Gasteiger partial charge in [0.2, 0.25) is 0 Å². The molecule has 1 saturated heterocycles. The van der Waals surface area contributed by atoms with Crippen molar-refractivity contribution in [1.82, 2.24) is 10.2 Å². The third-order valence-electron chi connectivity index (χ3n) is 3.04. The fourth-order valence-electron chi connectivity index (χ4n) is 1.69. The molecule has 1 fully saturated rings. The summed E-state index contributed by atoms with van der Waals surface area (Å²) >= 11 is 0. The average molecular weight is 200 g/mol. The van der Waals surface area contributed by atoms with Crippen LogP contribution >= 0.6 is 0 Å². The van der Waals surface area contributed by atoms with E-state index < -0.39 is 0 Å². The first-order valence-electron chi connectivity index (χ1n) is 5.06. The molecule has 1 rings (SSSR count). The van der Waals surface area contributed by atoms with Gasteiger partial charge in [-0.05, 0) is 38.4 Å². The highest BCUT2D eigenvalue weighted by atomic mass is 16.5. The molecule has 1 N–H and O–H groups in total. The summed E-state index contributed by atoms with van der Waals surface area (Å²) in [7, 11) is 3.53. The van der Waals surface area contributed by atoms with E-state index in [4.69, 9.17) is 0 Å². The quantitative estimate of drug-likeness (QED) is 0.725. The molecule has 0 spiro atoms. The van der Waals surface area contributed by atoms with Gasteiger partial charge >= 0.3 is 6.09 Å². The summed E-state index contributed by atoms with van der Waals surface area (Å²) in [6.45, 7) is 5.15. The monoisotopic (exact) mass is 200 g/mol. The highest BCUT2D eigenvalue weighted by Crippen LogP contribution is 2.29. The first-order valence-corrected chi connectivity index (χ1v) is 5.06. The van der Waals surface area contributed by atoms with Gasteiger partial charge in [-0.1, -0.05) is 6.92 Å². The van der Waals surface area contributed by atoms with E-state index in [1.54, 1.807) is 0 Å². The minimum atomic E-state index is -0.329. The number of rotatable bonds is 2. The summed E-state index contributed by atoms with van der Waals surface area (Å²) in [5, 5.41) is 2.78. The number of piperidine rings is 1. The Morgan fingerprint density at radius 1 is 1.50 bits per heavy atom. The predicted molar refractivity (Wildman–Crippen MR) is 55.2 cm³/mol. The van der Waals surface area contributed by atoms with E-state index >= 15 is 0 Å². The van der Waals surface area contributed by atoms with Gasteiger partial charge in [0.25, 0.3) is 0 Å². The molecule has 0 aromatic heterocycles. The van der Waals surface area contributed by atoms with Gasteiger partial charge in [0.1, 0.15) is 0 Å². The summed E-state index contributed by atoms with van der Waals surface area (Å²) < 4.78 is 4.55. The standard InChI is InChI=1S/C10H20N2O2/c1-10(8-11-9(13)14-3)4-6-12(2)7-5-10/h4-8H2,1-3H3,(H,11,13). The first-order chi connectivity index (χ1) is 6.56. The number of carbonyl (C=O) groups is 1. The van der Waals surface area contributed by atoms with Crippen LogP contribution in [0.1, 0.15) is 19.8 Å². The van der Waals surface area contributed by atoms with Gasteiger partial charge < -0.3 is 15.0 Å². The third-order valence-corrected chi connectivity index (χ3v) is 3.04. The number of nitrogens with zero attached hydrogens (tertiary/aromatic N) is 1. The Kier molecular flexibility index (Phi) is 3.75. The highest BCUT2D eigenvalue weighted by molar-refractivity contribution is 5.66. The number of hydrogen-bond donors (Lipinski definition) is 1. The average Bonchev–Trinajstić information content (AvgIpc) is 2.20. The molecular formula is C10H20N2O2. The van der Waals surface area contributed by atoms with Crippen LogP contribution in [-0.2, 0) is 4.74 Å². The zero-order valence-corrected chi connectivity index (χ0v) is 9.30. The van der Waals surface area contributed by atoms with Crippen LogP contribution in [0, 0.1) is 5.41 Å². The van der Waals surface area contributed by atoms with E-state index in [2.05, 4.69) is 28.9 Å². The Morgan fingerprint density at radius 2 is 2.07 bits per heavy atom. The molecule has 0 saturated carbocycles. The van der Waals surface area contributed by atoms with Crippen molar-refractivity contribution in [3.05, 3.63) is 0 Å². The molecule has 1 aliphatic rings. The maximum Gasteiger partial charge on any atom is 0.406 e.